The fourth-order valence-corrected chi connectivity index (χ4v) is 0.667. The van der Waals surface area contributed by atoms with E-state index in [9.17, 15) is 0 Å². The van der Waals surface area contributed by atoms with Crippen LogP contribution in [0, 0.1) is 0 Å². The first-order chi connectivity index (χ1) is 4.79. The molecule has 0 aliphatic heterocycles. The molecule has 0 saturated heterocycles. The lowest BCUT2D eigenvalue weighted by Gasteiger charge is -2.06. The van der Waals surface area contributed by atoms with Gasteiger partial charge in [-0.25, -0.2) is 5.01 Å². The van der Waals surface area contributed by atoms with Gasteiger partial charge >= 0.3 is 0 Å². The van der Waals surface area contributed by atoms with Gasteiger partial charge in [0.1, 0.15) is 0 Å². The molecule has 4 heteroatoms. The highest BCUT2D eigenvalue weighted by Gasteiger charge is 1.93. The van der Waals surface area contributed by atoms with Gasteiger partial charge in [0.25, 0.3) is 0 Å². The molecule has 0 saturated carbocycles. The minimum absolute atomic E-state index is 0.633. The second-order valence-electron chi connectivity index (χ2n) is 2.11. The van der Waals surface area contributed by atoms with Gasteiger partial charge in [0.15, 0.2) is 0 Å². The molecular formula is C6H10N4. The third kappa shape index (κ3) is 2.08. The lowest BCUT2D eigenvalue weighted by atomic mass is 10.4. The summed E-state index contributed by atoms with van der Waals surface area (Å²) in [5, 5.41) is 1.56. The first kappa shape index (κ1) is 7.11. The van der Waals surface area contributed by atoms with Gasteiger partial charge in [0.2, 0.25) is 0 Å². The van der Waals surface area contributed by atoms with Gasteiger partial charge in [-0.05, 0) is 0 Å². The Kier molecular flexibility index (Phi) is 2.30. The zero-order valence-electron chi connectivity index (χ0n) is 5.86. The third-order valence-corrected chi connectivity index (χ3v) is 1.03. The van der Waals surface area contributed by atoms with Crippen molar-refractivity contribution in [1.82, 2.24) is 15.0 Å². The van der Waals surface area contributed by atoms with Gasteiger partial charge in [-0.3, -0.25) is 15.8 Å². The summed E-state index contributed by atoms with van der Waals surface area (Å²) in [7, 11) is 1.79. The summed E-state index contributed by atoms with van der Waals surface area (Å²) in [6.07, 6.45) is 4.99. The molecule has 1 aromatic heterocycles. The highest BCUT2D eigenvalue weighted by molar-refractivity contribution is 4.93. The molecule has 0 spiro atoms. The molecule has 10 heavy (non-hydrogen) atoms. The van der Waals surface area contributed by atoms with E-state index < -0.39 is 0 Å². The van der Waals surface area contributed by atoms with E-state index in [4.69, 9.17) is 5.84 Å². The SMILES string of the molecule is CN(N)Cc1cnccn1. The van der Waals surface area contributed by atoms with E-state index in [2.05, 4.69) is 9.97 Å². The highest BCUT2D eigenvalue weighted by Crippen LogP contribution is 1.90. The van der Waals surface area contributed by atoms with E-state index in [0.29, 0.717) is 6.54 Å². The number of hydrogen-bond donors (Lipinski definition) is 1. The van der Waals surface area contributed by atoms with Crippen LogP contribution < -0.4 is 5.84 Å². The Morgan fingerprint density at radius 1 is 1.60 bits per heavy atom. The number of nitrogens with zero attached hydrogens (tertiary/aromatic N) is 3. The predicted octanol–water partition coefficient (Wildman–Crippen LogP) is -0.218. The number of hydrazine groups is 1. The lowest BCUT2D eigenvalue weighted by molar-refractivity contribution is 0.336. The Balaban J connectivity index is 2.59. The van der Waals surface area contributed by atoms with Crippen molar-refractivity contribution in [2.24, 2.45) is 5.84 Å². The molecule has 0 atom stereocenters. The predicted molar refractivity (Wildman–Crippen MR) is 37.7 cm³/mol. The average molecular weight is 138 g/mol. The van der Waals surface area contributed by atoms with Crippen molar-refractivity contribution < 1.29 is 0 Å². The maximum Gasteiger partial charge on any atom is 0.0741 e. The summed E-state index contributed by atoms with van der Waals surface area (Å²) in [4.78, 5) is 7.93. The molecule has 54 valence electrons. The second-order valence-corrected chi connectivity index (χ2v) is 2.11. The topological polar surface area (TPSA) is 55.0 Å². The van der Waals surface area contributed by atoms with Crippen molar-refractivity contribution >= 4 is 0 Å². The maximum absolute atomic E-state index is 5.39. The van der Waals surface area contributed by atoms with Gasteiger partial charge in [0.05, 0.1) is 12.2 Å². The van der Waals surface area contributed by atoms with Gasteiger partial charge in [-0.2, -0.15) is 0 Å². The number of hydrogen-bond acceptors (Lipinski definition) is 4. The minimum Gasteiger partial charge on any atom is -0.269 e. The summed E-state index contributed by atoms with van der Waals surface area (Å²) < 4.78 is 0. The number of nitrogens with two attached hydrogens (primary N) is 1. The van der Waals surface area contributed by atoms with Crippen LogP contribution in [0.25, 0.3) is 0 Å². The van der Waals surface area contributed by atoms with Gasteiger partial charge < -0.3 is 0 Å². The van der Waals surface area contributed by atoms with E-state index >= 15 is 0 Å². The van der Waals surface area contributed by atoms with E-state index in [-0.39, 0.29) is 0 Å². The molecule has 2 N–H and O–H groups in total. The van der Waals surface area contributed by atoms with Gasteiger partial charge in [-0.1, -0.05) is 0 Å². The quantitative estimate of drug-likeness (QED) is 0.453. The van der Waals surface area contributed by atoms with E-state index in [1.807, 2.05) is 0 Å². The van der Waals surface area contributed by atoms with Gasteiger partial charge in [0, 0.05) is 25.6 Å². The van der Waals surface area contributed by atoms with Crippen LogP contribution in [-0.4, -0.2) is 22.0 Å². The largest absolute Gasteiger partial charge is 0.269 e. The second kappa shape index (κ2) is 3.24. The molecule has 0 bridgehead atoms. The molecule has 0 aliphatic rings. The normalized spacial score (nSPS) is 10.3. The van der Waals surface area contributed by atoms with Crippen LogP contribution in [0.4, 0.5) is 0 Å². The number of rotatable bonds is 2. The van der Waals surface area contributed by atoms with E-state index in [0.717, 1.165) is 5.69 Å². The summed E-state index contributed by atoms with van der Waals surface area (Å²) in [6, 6.07) is 0. The van der Waals surface area contributed by atoms with Crippen LogP contribution in [-0.2, 0) is 6.54 Å². The zero-order valence-corrected chi connectivity index (χ0v) is 5.86. The minimum atomic E-state index is 0.633. The molecule has 0 fully saturated rings. The average Bonchev–Trinajstić information content (AvgIpc) is 1.88. The first-order valence-corrected chi connectivity index (χ1v) is 3.00. The summed E-state index contributed by atoms with van der Waals surface area (Å²) in [5.41, 5.74) is 0.882. The summed E-state index contributed by atoms with van der Waals surface area (Å²) in [5.74, 6) is 5.39. The van der Waals surface area contributed by atoms with Gasteiger partial charge in [-0.15, -0.1) is 0 Å². The van der Waals surface area contributed by atoms with Crippen molar-refractivity contribution in [1.29, 1.82) is 0 Å². The highest BCUT2D eigenvalue weighted by atomic mass is 15.4. The van der Waals surface area contributed by atoms with Crippen molar-refractivity contribution in [3.05, 3.63) is 24.3 Å². The van der Waals surface area contributed by atoms with Crippen LogP contribution in [0.1, 0.15) is 5.69 Å². The smallest absolute Gasteiger partial charge is 0.0741 e. The monoisotopic (exact) mass is 138 g/mol. The fourth-order valence-electron chi connectivity index (χ4n) is 0.667. The van der Waals surface area contributed by atoms with Crippen LogP contribution in [0.5, 0.6) is 0 Å². The Hall–Kier alpha value is -1.00. The zero-order chi connectivity index (χ0) is 7.40. The molecular weight excluding hydrogens is 128 g/mol. The van der Waals surface area contributed by atoms with Crippen molar-refractivity contribution in [2.45, 2.75) is 6.54 Å². The molecule has 0 aliphatic carbocycles. The molecule has 0 radical (unpaired) electrons. The molecule has 0 amide bonds. The third-order valence-electron chi connectivity index (χ3n) is 1.03. The Morgan fingerprint density at radius 2 is 2.40 bits per heavy atom. The van der Waals surface area contributed by atoms with Crippen molar-refractivity contribution in [3.8, 4) is 0 Å². The molecule has 0 aromatic carbocycles. The van der Waals surface area contributed by atoms with E-state index in [1.165, 1.54) is 0 Å². The van der Waals surface area contributed by atoms with Crippen molar-refractivity contribution in [3.63, 3.8) is 0 Å². The Labute approximate surface area is 59.7 Å². The first-order valence-electron chi connectivity index (χ1n) is 3.00. The van der Waals surface area contributed by atoms with Crippen LogP contribution >= 0.6 is 0 Å². The van der Waals surface area contributed by atoms with Crippen LogP contribution in [0.2, 0.25) is 0 Å². The summed E-state index contributed by atoms with van der Waals surface area (Å²) in [6.45, 7) is 0.633. The fraction of sp³-hybridized carbons (Fsp3) is 0.333. The summed E-state index contributed by atoms with van der Waals surface area (Å²) >= 11 is 0. The Morgan fingerprint density at radius 3 is 2.90 bits per heavy atom. The molecule has 4 nitrogen and oxygen atoms in total. The molecule has 1 heterocycles. The standard InChI is InChI=1S/C6H10N4/c1-10(7)5-6-4-8-2-3-9-6/h2-4H,5,7H2,1H3. The maximum atomic E-state index is 5.39. The lowest BCUT2D eigenvalue weighted by Crippen LogP contribution is -2.25. The Bertz CT molecular complexity index is 184. The van der Waals surface area contributed by atoms with Crippen LogP contribution in [0.3, 0.4) is 0 Å². The molecule has 0 unspecified atom stereocenters. The van der Waals surface area contributed by atoms with E-state index in [1.54, 1.807) is 30.6 Å². The van der Waals surface area contributed by atoms with Crippen molar-refractivity contribution in [2.75, 3.05) is 7.05 Å². The molecule has 1 aromatic rings. The number of aromatic nitrogens is 2. The molecule has 1 rings (SSSR count). The van der Waals surface area contributed by atoms with Crippen LogP contribution in [0.15, 0.2) is 18.6 Å².